The number of hydrogen-bond acceptors (Lipinski definition) is 1. The van der Waals surface area contributed by atoms with Crippen molar-refractivity contribution >= 4 is 168 Å². The number of fused-ring (bicyclic) bond motifs is 3. The van der Waals surface area contributed by atoms with Crippen LogP contribution in [-0.4, -0.2) is 6.04 Å². The molecule has 0 aromatic heterocycles. The Hall–Kier alpha value is -8.00. The summed E-state index contributed by atoms with van der Waals surface area (Å²) in [6, 6.07) is 54.2. The third-order valence-corrected chi connectivity index (χ3v) is 21.2. The van der Waals surface area contributed by atoms with Crippen LogP contribution in [0.2, 0.25) is 0 Å². The Morgan fingerprint density at radius 2 is 0.845 bits per heavy atom. The predicted octanol–water partition coefficient (Wildman–Crippen LogP) is 16.8. The summed E-state index contributed by atoms with van der Waals surface area (Å²) < 4.78 is 0. The molecule has 4 aliphatic carbocycles. The molecule has 22 rings (SSSR count). The molecule has 1 fully saturated rings. The van der Waals surface area contributed by atoms with Crippen molar-refractivity contribution in [3.05, 3.63) is 173 Å². The predicted molar refractivity (Wildman–Crippen MR) is 301 cm³/mol. The molecule has 0 bridgehead atoms. The van der Waals surface area contributed by atoms with Crippen molar-refractivity contribution in [1.82, 2.24) is 0 Å². The van der Waals surface area contributed by atoms with Crippen molar-refractivity contribution in [1.29, 1.82) is 0 Å². The van der Waals surface area contributed by atoms with Crippen LogP contribution in [0.15, 0.2) is 146 Å². The van der Waals surface area contributed by atoms with Gasteiger partial charge < -0.3 is 4.90 Å². The summed E-state index contributed by atoms with van der Waals surface area (Å²) in [5, 5.41) is 44.9. The topological polar surface area (TPSA) is 3.24 Å². The lowest BCUT2D eigenvalue weighted by Gasteiger charge is -2.53. The second-order valence-corrected chi connectivity index (χ2v) is 23.2. The quantitative estimate of drug-likeness (QED) is 0.114. The summed E-state index contributed by atoms with van der Waals surface area (Å²) in [7, 11) is 0. The van der Waals surface area contributed by atoms with Crippen LogP contribution in [-0.2, 0) is 10.8 Å². The lowest BCUT2D eigenvalue weighted by Crippen LogP contribution is -2.55. The highest BCUT2D eigenvalue weighted by Crippen LogP contribution is 2.80. The molecule has 1 aliphatic heterocycles. The lowest BCUT2D eigenvalue weighted by atomic mass is 9.45. The van der Waals surface area contributed by atoms with E-state index in [1.54, 1.807) is 81.5 Å². The highest BCUT2D eigenvalue weighted by atomic mass is 15.3. The molecular formula is C70H39N. The minimum absolute atomic E-state index is 0.00509. The van der Waals surface area contributed by atoms with Gasteiger partial charge in [0.05, 0.1) is 16.9 Å². The first-order valence-electron chi connectivity index (χ1n) is 26.7. The van der Waals surface area contributed by atoms with Crippen molar-refractivity contribution in [2.45, 2.75) is 61.9 Å². The molecule has 1 heterocycles. The number of anilines is 1. The molecule has 5 aliphatic rings. The first-order chi connectivity index (χ1) is 35.3. The maximum Gasteiger partial charge on any atom is 0.0702 e. The largest absolute Gasteiger partial charge is 0.359 e. The summed E-state index contributed by atoms with van der Waals surface area (Å²) in [4.78, 5) is 3.09. The average Bonchev–Trinajstić information content (AvgIpc) is 4.31. The second-order valence-electron chi connectivity index (χ2n) is 23.2. The summed E-state index contributed by atoms with van der Waals surface area (Å²) in [5.41, 5.74) is 8.52. The molecule has 0 amide bonds. The van der Waals surface area contributed by atoms with E-state index in [2.05, 4.69) is 157 Å². The fourth-order valence-corrected chi connectivity index (χ4v) is 19.6. The Morgan fingerprint density at radius 3 is 1.45 bits per heavy atom. The van der Waals surface area contributed by atoms with Gasteiger partial charge in [-0.2, -0.15) is 0 Å². The van der Waals surface area contributed by atoms with Gasteiger partial charge in [0.1, 0.15) is 0 Å². The van der Waals surface area contributed by atoms with Crippen molar-refractivity contribution in [2.75, 3.05) is 4.90 Å². The van der Waals surface area contributed by atoms with Gasteiger partial charge in [0, 0.05) is 11.7 Å². The normalized spacial score (nSPS) is 22.4. The third-order valence-electron chi connectivity index (χ3n) is 21.2. The highest BCUT2D eigenvalue weighted by Gasteiger charge is 2.77. The molecule has 0 N–H and O–H groups in total. The number of unbranched alkanes of at least 4 members (excludes halogenated alkanes) is 3. The van der Waals surface area contributed by atoms with Gasteiger partial charge in [-0.25, -0.2) is 0 Å². The summed E-state index contributed by atoms with van der Waals surface area (Å²) in [6.07, 6.45) is 11.5. The average molecular weight is 894 g/mol. The van der Waals surface area contributed by atoms with Crippen LogP contribution in [0, 0.1) is 0 Å². The van der Waals surface area contributed by atoms with Crippen molar-refractivity contribution in [3.8, 4) is 0 Å². The summed E-state index contributed by atoms with van der Waals surface area (Å²) in [5.74, 6) is 0. The van der Waals surface area contributed by atoms with E-state index in [4.69, 9.17) is 0 Å². The monoisotopic (exact) mass is 893 g/mol. The number of allylic oxidation sites excluding steroid dienone is 2. The molecule has 1 heteroatoms. The fraction of sp³-hybridized carbons (Fsp3) is 0.143. The van der Waals surface area contributed by atoms with Crippen molar-refractivity contribution in [2.24, 2.45) is 0 Å². The second kappa shape index (κ2) is 10.3. The van der Waals surface area contributed by atoms with Crippen LogP contribution in [0.1, 0.15) is 61.8 Å². The molecule has 0 radical (unpaired) electrons. The van der Waals surface area contributed by atoms with E-state index in [9.17, 15) is 0 Å². The highest BCUT2D eigenvalue weighted by molar-refractivity contribution is 6.64. The van der Waals surface area contributed by atoms with E-state index in [1.807, 2.05) is 0 Å². The molecule has 1 saturated heterocycles. The van der Waals surface area contributed by atoms with Gasteiger partial charge in [-0.1, -0.05) is 166 Å². The zero-order valence-electron chi connectivity index (χ0n) is 39.0. The number of para-hydroxylation sites is 1. The molecule has 17 aromatic carbocycles. The first-order valence-corrected chi connectivity index (χ1v) is 26.7. The van der Waals surface area contributed by atoms with Crippen LogP contribution in [0.25, 0.3) is 162 Å². The van der Waals surface area contributed by atoms with Crippen LogP contribution >= 0.6 is 0 Å². The number of hydrogen-bond donors (Lipinski definition) is 0. The van der Waals surface area contributed by atoms with Crippen LogP contribution in [0.5, 0.6) is 0 Å². The van der Waals surface area contributed by atoms with Gasteiger partial charge in [-0.3, -0.25) is 0 Å². The van der Waals surface area contributed by atoms with Crippen LogP contribution in [0.4, 0.5) is 5.69 Å². The van der Waals surface area contributed by atoms with E-state index in [-0.39, 0.29) is 17.5 Å². The smallest absolute Gasteiger partial charge is 0.0702 e. The van der Waals surface area contributed by atoms with Gasteiger partial charge in [-0.15, -0.1) is 0 Å². The Bertz CT molecular complexity index is 5490. The van der Waals surface area contributed by atoms with Gasteiger partial charge in [0.2, 0.25) is 0 Å². The van der Waals surface area contributed by atoms with E-state index >= 15 is 0 Å². The molecule has 71 heavy (non-hydrogen) atoms. The number of nitrogens with zero attached hydrogens (tertiary/aromatic N) is 1. The maximum absolute atomic E-state index is 3.09. The fourth-order valence-electron chi connectivity index (χ4n) is 19.6. The minimum atomic E-state index is -0.438. The van der Waals surface area contributed by atoms with Crippen molar-refractivity contribution in [3.63, 3.8) is 0 Å². The molecular weight excluding hydrogens is 855 g/mol. The lowest BCUT2D eigenvalue weighted by molar-refractivity contribution is 0.357. The van der Waals surface area contributed by atoms with Gasteiger partial charge >= 0.3 is 0 Å². The maximum atomic E-state index is 3.09. The molecule has 17 aromatic rings. The van der Waals surface area contributed by atoms with E-state index in [0.29, 0.717) is 0 Å². The van der Waals surface area contributed by atoms with Gasteiger partial charge in [-0.05, 0) is 208 Å². The molecule has 0 saturated carbocycles. The molecule has 4 atom stereocenters. The zero-order valence-corrected chi connectivity index (χ0v) is 39.0. The zero-order chi connectivity index (χ0) is 45.0. The first kappa shape index (κ1) is 34.3. The van der Waals surface area contributed by atoms with Crippen molar-refractivity contribution < 1.29 is 0 Å². The molecule has 2 spiro atoms. The Balaban J connectivity index is 1.07. The van der Waals surface area contributed by atoms with Crippen LogP contribution < -0.4 is 15.3 Å². The molecule has 1 nitrogen and oxygen atoms in total. The third kappa shape index (κ3) is 2.91. The summed E-state index contributed by atoms with van der Waals surface area (Å²) in [6.45, 7) is 2.38. The molecule has 324 valence electrons. The summed E-state index contributed by atoms with van der Waals surface area (Å²) >= 11 is 0. The standard InChI is InChI=1S/C70H39N/c1-2-3-4-8-14-47-69-45-29-30-46-44-28-26-40-38-24-22-36-35-21-23-37-39-25-27-43(45)56-54(39)59-52(37)50(35)58-51(36)53(38)60-55(40)57(44)67(65-63(60)61(58)62(59)64(65)66(56)69)70(46,69)68(71(47)34-12-6-5-7-13-34)42-20-18-33-16-15-31-10-9-11-32-17-19-41(42)49(33)48(31)32/h5-7,9-13,15-30,47,68H,2-4,8,14H2,1H3. The van der Waals surface area contributed by atoms with E-state index < -0.39 is 5.41 Å². The molecule has 4 unspecified atom stereocenters. The SMILES string of the molecule is CCCCCCC1N(c2ccccc2)C(c2ccc3ccc4cccc5ccc2c3c45)C23C4=c5ccc6c7ccc8c9ccc%10c%11ccc%12c%13c(c%14c%15c2c5c6c2c7c8c5c9c%10c(c%13%11)c%14c5c%152)C13C=%12C=C4. The van der Waals surface area contributed by atoms with Crippen LogP contribution in [0.3, 0.4) is 0 Å². The Kier molecular flexibility index (Phi) is 4.96. The van der Waals surface area contributed by atoms with E-state index in [0.717, 1.165) is 6.42 Å². The number of rotatable bonds is 7. The van der Waals surface area contributed by atoms with E-state index in [1.165, 1.54) is 139 Å². The Labute approximate surface area is 405 Å². The Morgan fingerprint density at radius 1 is 0.366 bits per heavy atom. The minimum Gasteiger partial charge on any atom is -0.359 e. The van der Waals surface area contributed by atoms with Gasteiger partial charge in [0.15, 0.2) is 0 Å². The number of benzene rings is 13. The van der Waals surface area contributed by atoms with Gasteiger partial charge in [0.25, 0.3) is 0 Å².